The summed E-state index contributed by atoms with van der Waals surface area (Å²) in [5, 5.41) is 4.02. The van der Waals surface area contributed by atoms with E-state index in [1.807, 2.05) is 57.3 Å². The first-order chi connectivity index (χ1) is 13.0. The molecule has 1 heterocycles. The average Bonchev–Trinajstić information content (AvgIpc) is 2.66. The van der Waals surface area contributed by atoms with Crippen molar-refractivity contribution in [2.45, 2.75) is 52.9 Å². The van der Waals surface area contributed by atoms with Gasteiger partial charge in [0.25, 0.3) is 0 Å². The van der Waals surface area contributed by atoms with Gasteiger partial charge in [0, 0.05) is 22.9 Å². The molecule has 1 N–H and O–H groups in total. The van der Waals surface area contributed by atoms with Crippen LogP contribution in [0.15, 0.2) is 52.1 Å². The van der Waals surface area contributed by atoms with E-state index in [0.717, 1.165) is 20.8 Å². The van der Waals surface area contributed by atoms with Crippen LogP contribution in [0.25, 0.3) is 6.08 Å². The number of aliphatic imine (C=N–C) groups is 1. The van der Waals surface area contributed by atoms with Crippen LogP contribution in [0.5, 0.6) is 0 Å². The summed E-state index contributed by atoms with van der Waals surface area (Å²) >= 11 is 9.62. The number of benzene rings is 1. The van der Waals surface area contributed by atoms with E-state index in [1.54, 1.807) is 0 Å². The fourth-order valence-electron chi connectivity index (χ4n) is 2.87. The van der Waals surface area contributed by atoms with Gasteiger partial charge in [-0.1, -0.05) is 59.1 Å². The fourth-order valence-corrected chi connectivity index (χ4v) is 3.30. The summed E-state index contributed by atoms with van der Waals surface area (Å²) in [5.74, 6) is 0.188. The second-order valence-corrected chi connectivity index (χ2v) is 8.26. The topological polar surface area (TPSA) is 24.4 Å². The predicted molar refractivity (Wildman–Crippen MR) is 126 cm³/mol. The molecule has 0 aliphatic carbocycles. The van der Waals surface area contributed by atoms with Gasteiger partial charge in [-0.2, -0.15) is 0 Å². The molecule has 0 bridgehead atoms. The minimum atomic E-state index is 0.188. The third-order valence-electron chi connectivity index (χ3n) is 4.23. The molecule has 1 aliphatic rings. The summed E-state index contributed by atoms with van der Waals surface area (Å²) in [4.78, 5) is 4.53. The minimum absolute atomic E-state index is 0.188. The zero-order valence-electron chi connectivity index (χ0n) is 16.9. The fraction of sp³-hybridized carbons (Fsp3) is 0.435. The van der Waals surface area contributed by atoms with Gasteiger partial charge in [0.2, 0.25) is 0 Å². The molecule has 2 nitrogen and oxygen atoms in total. The predicted octanol–water partition coefficient (Wildman–Crippen LogP) is 7.51. The van der Waals surface area contributed by atoms with Crippen LogP contribution in [0.1, 0.15) is 64.0 Å². The highest BCUT2D eigenvalue weighted by Gasteiger charge is 2.14. The smallest absolute Gasteiger partial charge is 0.0472 e. The highest BCUT2D eigenvalue weighted by atomic mass is 79.9. The number of piperidine rings is 1. The van der Waals surface area contributed by atoms with Gasteiger partial charge in [-0.15, -0.1) is 0 Å². The summed E-state index contributed by atoms with van der Waals surface area (Å²) in [6, 6.07) is 5.99. The van der Waals surface area contributed by atoms with E-state index in [0.29, 0.717) is 0 Å². The van der Waals surface area contributed by atoms with E-state index in [1.165, 1.54) is 37.9 Å². The molecule has 1 aromatic rings. The van der Waals surface area contributed by atoms with Crippen LogP contribution >= 0.6 is 27.5 Å². The van der Waals surface area contributed by atoms with Gasteiger partial charge in [0.05, 0.1) is 0 Å². The molecule has 1 aliphatic heterocycles. The maximum absolute atomic E-state index is 6.13. The first-order valence-electron chi connectivity index (χ1n) is 9.65. The zero-order valence-corrected chi connectivity index (χ0v) is 19.3. The molecule has 1 saturated heterocycles. The number of nitrogens with zero attached hydrogens (tertiary/aromatic N) is 1. The molecule has 0 amide bonds. The molecule has 2 rings (SSSR count). The second-order valence-electron chi connectivity index (χ2n) is 6.57. The zero-order chi connectivity index (χ0) is 20.1. The molecule has 148 valence electrons. The Bertz CT molecular complexity index is 670. The van der Waals surface area contributed by atoms with Crippen LogP contribution in [0.4, 0.5) is 0 Å². The van der Waals surface area contributed by atoms with Crippen molar-refractivity contribution in [1.82, 2.24) is 5.32 Å². The molecule has 0 aromatic heterocycles. The van der Waals surface area contributed by atoms with E-state index in [4.69, 9.17) is 11.6 Å². The Labute approximate surface area is 178 Å². The molecule has 27 heavy (non-hydrogen) atoms. The molecular formula is C23H32BrClN2. The van der Waals surface area contributed by atoms with Crippen LogP contribution in [0.2, 0.25) is 5.02 Å². The molecule has 4 heteroatoms. The summed E-state index contributed by atoms with van der Waals surface area (Å²) in [6.45, 7) is 10.6. The Morgan fingerprint density at radius 1 is 1.19 bits per heavy atom. The largest absolute Gasteiger partial charge is 0.317 e. The van der Waals surface area contributed by atoms with Crippen molar-refractivity contribution >= 4 is 39.3 Å². The number of allylic oxidation sites excluding steroid dienone is 4. The minimum Gasteiger partial charge on any atom is -0.317 e. The highest BCUT2D eigenvalue weighted by Crippen LogP contribution is 2.28. The van der Waals surface area contributed by atoms with Crippen molar-refractivity contribution < 1.29 is 0 Å². The molecule has 1 fully saturated rings. The number of rotatable bonds is 5. The maximum Gasteiger partial charge on any atom is 0.0472 e. The molecule has 0 spiro atoms. The van der Waals surface area contributed by atoms with Gasteiger partial charge >= 0.3 is 0 Å². The van der Waals surface area contributed by atoms with Crippen molar-refractivity contribution in [3.63, 3.8) is 0 Å². The SMILES string of the molecule is C1CCNCC1.C\C=C/N=C(\C=C/C)C(C)c1ccc(Cl)cc1/C=C(\C)Br. The molecule has 1 atom stereocenters. The lowest BCUT2D eigenvalue weighted by molar-refractivity contribution is 0.520. The van der Waals surface area contributed by atoms with Crippen LogP contribution < -0.4 is 5.32 Å². The van der Waals surface area contributed by atoms with Gasteiger partial charge in [0.1, 0.15) is 0 Å². The summed E-state index contributed by atoms with van der Waals surface area (Å²) < 4.78 is 1.07. The summed E-state index contributed by atoms with van der Waals surface area (Å²) in [7, 11) is 0. The second kappa shape index (κ2) is 13.9. The third-order valence-corrected chi connectivity index (χ3v) is 4.69. The Kier molecular flexibility index (Phi) is 12.3. The van der Waals surface area contributed by atoms with E-state index < -0.39 is 0 Å². The monoisotopic (exact) mass is 450 g/mol. The van der Waals surface area contributed by atoms with Crippen molar-refractivity contribution in [1.29, 1.82) is 0 Å². The molecule has 0 radical (unpaired) electrons. The molecule has 0 saturated carbocycles. The standard InChI is InChI=1S/C18H21BrClN.C5H11N/c1-5-7-18(21-10-6-2)14(4)17-9-8-16(20)12-15(17)11-13(3)19;1-2-4-6-5-3-1/h5-12,14H,1-4H3;6H,1-5H2/b7-5-,10-6-,13-11+,21-18+;. The van der Waals surface area contributed by atoms with E-state index in [2.05, 4.69) is 45.3 Å². The van der Waals surface area contributed by atoms with Crippen molar-refractivity contribution in [2.24, 2.45) is 4.99 Å². The normalized spacial score (nSPS) is 17.1. The Hall–Kier alpha value is -1.16. The van der Waals surface area contributed by atoms with Gasteiger partial charge in [-0.25, -0.2) is 0 Å². The molecular weight excluding hydrogens is 420 g/mol. The quantitative estimate of drug-likeness (QED) is 0.460. The Morgan fingerprint density at radius 3 is 2.37 bits per heavy atom. The van der Waals surface area contributed by atoms with Crippen LogP contribution in [-0.4, -0.2) is 18.8 Å². The Balaban J connectivity index is 0.000000511. The van der Waals surface area contributed by atoms with Crippen molar-refractivity contribution in [3.8, 4) is 0 Å². The Morgan fingerprint density at radius 2 is 1.89 bits per heavy atom. The van der Waals surface area contributed by atoms with Gasteiger partial charge in [-0.3, -0.25) is 4.99 Å². The van der Waals surface area contributed by atoms with Crippen LogP contribution in [-0.2, 0) is 0 Å². The highest BCUT2D eigenvalue weighted by molar-refractivity contribution is 9.11. The van der Waals surface area contributed by atoms with E-state index in [-0.39, 0.29) is 5.92 Å². The third kappa shape index (κ3) is 9.55. The van der Waals surface area contributed by atoms with Crippen LogP contribution in [0.3, 0.4) is 0 Å². The van der Waals surface area contributed by atoms with Crippen molar-refractivity contribution in [2.75, 3.05) is 13.1 Å². The summed E-state index contributed by atoms with van der Waals surface area (Å²) in [5.41, 5.74) is 3.35. The number of hydrogen-bond acceptors (Lipinski definition) is 2. The van der Waals surface area contributed by atoms with E-state index in [9.17, 15) is 0 Å². The lowest BCUT2D eigenvalue weighted by Gasteiger charge is -2.16. The maximum atomic E-state index is 6.13. The van der Waals surface area contributed by atoms with E-state index >= 15 is 0 Å². The molecule has 1 unspecified atom stereocenters. The number of halogens is 2. The van der Waals surface area contributed by atoms with Gasteiger partial charge in [-0.05, 0) is 86.6 Å². The van der Waals surface area contributed by atoms with Crippen LogP contribution in [0, 0.1) is 0 Å². The average molecular weight is 452 g/mol. The summed E-state index contributed by atoms with van der Waals surface area (Å²) in [6.07, 6.45) is 14.1. The first-order valence-corrected chi connectivity index (χ1v) is 10.8. The lowest BCUT2D eigenvalue weighted by Crippen LogP contribution is -2.21. The lowest BCUT2D eigenvalue weighted by atomic mass is 9.91. The number of nitrogens with one attached hydrogen (secondary N) is 1. The van der Waals surface area contributed by atoms with Gasteiger partial charge in [0.15, 0.2) is 0 Å². The molecule has 1 aromatic carbocycles. The van der Waals surface area contributed by atoms with Gasteiger partial charge < -0.3 is 5.32 Å². The van der Waals surface area contributed by atoms with Crippen molar-refractivity contribution in [3.05, 3.63) is 63.3 Å². The first kappa shape index (κ1) is 23.9. The number of hydrogen-bond donors (Lipinski definition) is 1.